The minimum absolute atomic E-state index is 0.355. The van der Waals surface area contributed by atoms with Crippen molar-refractivity contribution in [3.05, 3.63) is 61.2 Å². The summed E-state index contributed by atoms with van der Waals surface area (Å²) >= 11 is 19.0. The van der Waals surface area contributed by atoms with E-state index < -0.39 is 11.2 Å². The molecule has 0 N–H and O–H groups in total. The molecule has 0 amide bonds. The zero-order valence-corrected chi connectivity index (χ0v) is 14.9. The van der Waals surface area contributed by atoms with Crippen LogP contribution in [0.15, 0.2) is 39.3 Å². The van der Waals surface area contributed by atoms with Crippen LogP contribution in [-0.2, 0) is 0 Å². The fourth-order valence-electron chi connectivity index (χ4n) is 1.87. The molecule has 0 aliphatic rings. The maximum atomic E-state index is 14.2. The van der Waals surface area contributed by atoms with Gasteiger partial charge >= 0.3 is 0 Å². The molecule has 106 valence electrons. The van der Waals surface area contributed by atoms with Crippen molar-refractivity contribution in [1.82, 2.24) is 0 Å². The van der Waals surface area contributed by atoms with Gasteiger partial charge in [0, 0.05) is 16.1 Å². The number of benzene rings is 2. The summed E-state index contributed by atoms with van der Waals surface area (Å²) in [5, 5.41) is -0.217. The van der Waals surface area contributed by atoms with E-state index in [4.69, 9.17) is 27.9 Å². The highest BCUT2D eigenvalue weighted by Gasteiger charge is 2.22. The number of methoxy groups -OCH3 is 1. The van der Waals surface area contributed by atoms with Gasteiger partial charge in [0.1, 0.15) is 11.6 Å². The summed E-state index contributed by atoms with van der Waals surface area (Å²) in [5.41, 5.74) is 0.957. The number of halogens is 5. The van der Waals surface area contributed by atoms with Crippen LogP contribution >= 0.6 is 55.1 Å². The standard InChI is InChI=1S/C14H9Br2Cl2FO/c1-20-14-9(5-7(17)6-11(14)16)12(18)8-3-2-4-10(15)13(8)19/h2-6,12H,1H3. The van der Waals surface area contributed by atoms with E-state index in [-0.39, 0.29) is 0 Å². The molecule has 2 aromatic carbocycles. The van der Waals surface area contributed by atoms with Crippen LogP contribution in [0.3, 0.4) is 0 Å². The van der Waals surface area contributed by atoms with Crippen LogP contribution < -0.4 is 4.74 Å². The van der Waals surface area contributed by atoms with E-state index in [2.05, 4.69) is 31.9 Å². The van der Waals surface area contributed by atoms with Crippen LogP contribution in [0.25, 0.3) is 0 Å². The van der Waals surface area contributed by atoms with E-state index >= 15 is 0 Å². The number of ether oxygens (including phenoxy) is 1. The smallest absolute Gasteiger partial charge is 0.142 e. The van der Waals surface area contributed by atoms with E-state index in [1.165, 1.54) is 7.11 Å². The third-order valence-corrected chi connectivity index (χ3v) is 4.66. The van der Waals surface area contributed by atoms with Crippen LogP contribution in [0, 0.1) is 5.82 Å². The fraction of sp³-hybridized carbons (Fsp3) is 0.143. The molecule has 0 heterocycles. The first kappa shape index (κ1) is 16.1. The highest BCUT2D eigenvalue weighted by Crippen LogP contribution is 2.42. The van der Waals surface area contributed by atoms with Gasteiger partial charge in [-0.25, -0.2) is 4.39 Å². The third-order valence-electron chi connectivity index (χ3n) is 2.77. The Hall–Kier alpha value is -0.290. The van der Waals surface area contributed by atoms with Gasteiger partial charge in [0.05, 0.1) is 21.4 Å². The van der Waals surface area contributed by atoms with Crippen molar-refractivity contribution in [2.75, 3.05) is 7.11 Å². The molecule has 0 aliphatic carbocycles. The lowest BCUT2D eigenvalue weighted by Gasteiger charge is -2.17. The Balaban J connectivity index is 2.58. The second kappa shape index (κ2) is 6.65. The summed E-state index contributed by atoms with van der Waals surface area (Å²) < 4.78 is 20.5. The first-order chi connectivity index (χ1) is 9.45. The van der Waals surface area contributed by atoms with Gasteiger partial charge in [0.2, 0.25) is 0 Å². The van der Waals surface area contributed by atoms with E-state index in [9.17, 15) is 4.39 Å². The first-order valence-corrected chi connectivity index (χ1v) is 7.96. The molecular weight excluding hydrogens is 434 g/mol. The van der Waals surface area contributed by atoms with Crippen LogP contribution in [0.1, 0.15) is 16.5 Å². The summed E-state index contributed by atoms with van der Waals surface area (Å²) in [6.45, 7) is 0. The van der Waals surface area contributed by atoms with Crippen molar-refractivity contribution >= 4 is 55.1 Å². The van der Waals surface area contributed by atoms with E-state index in [0.29, 0.717) is 30.8 Å². The second-order valence-corrected chi connectivity index (χ2v) is 6.60. The number of rotatable bonds is 3. The van der Waals surface area contributed by atoms with Gasteiger partial charge in [0.15, 0.2) is 0 Å². The van der Waals surface area contributed by atoms with Gasteiger partial charge in [-0.1, -0.05) is 23.7 Å². The predicted octanol–water partition coefficient (Wildman–Crippen LogP) is 6.34. The zero-order valence-electron chi connectivity index (χ0n) is 10.3. The molecule has 0 saturated heterocycles. The highest BCUT2D eigenvalue weighted by molar-refractivity contribution is 9.10. The van der Waals surface area contributed by atoms with Crippen LogP contribution in [0.4, 0.5) is 4.39 Å². The molecule has 1 unspecified atom stereocenters. The molecule has 1 atom stereocenters. The molecule has 0 saturated carbocycles. The average Bonchev–Trinajstić information content (AvgIpc) is 2.40. The van der Waals surface area contributed by atoms with Crippen LogP contribution in [0.5, 0.6) is 5.75 Å². The van der Waals surface area contributed by atoms with Gasteiger partial charge in [-0.05, 0) is 50.1 Å². The summed E-state index contributed by atoms with van der Waals surface area (Å²) in [5.74, 6) is 0.138. The predicted molar refractivity (Wildman–Crippen MR) is 87.5 cm³/mol. The minimum atomic E-state index is -0.711. The quantitative estimate of drug-likeness (QED) is 0.504. The first-order valence-electron chi connectivity index (χ1n) is 5.56. The molecular formula is C14H9Br2Cl2FO. The van der Waals surface area contributed by atoms with Gasteiger partial charge < -0.3 is 4.74 Å². The van der Waals surface area contributed by atoms with E-state index in [1.54, 1.807) is 30.3 Å². The Morgan fingerprint density at radius 3 is 2.50 bits per heavy atom. The minimum Gasteiger partial charge on any atom is -0.495 e. The molecule has 2 rings (SSSR count). The van der Waals surface area contributed by atoms with Crippen molar-refractivity contribution in [3.8, 4) is 5.75 Å². The Morgan fingerprint density at radius 1 is 1.15 bits per heavy atom. The summed E-state index contributed by atoms with van der Waals surface area (Å²) in [7, 11) is 1.53. The van der Waals surface area contributed by atoms with E-state index in [0.717, 1.165) is 0 Å². The van der Waals surface area contributed by atoms with Crippen molar-refractivity contribution < 1.29 is 9.13 Å². The number of hydrogen-bond donors (Lipinski definition) is 0. The molecule has 0 aromatic heterocycles. The maximum Gasteiger partial charge on any atom is 0.142 e. The fourth-order valence-corrected chi connectivity index (χ4v) is 3.58. The zero-order chi connectivity index (χ0) is 14.9. The van der Waals surface area contributed by atoms with Gasteiger partial charge in [-0.15, -0.1) is 11.6 Å². The molecule has 2 aromatic rings. The van der Waals surface area contributed by atoms with Crippen molar-refractivity contribution in [2.24, 2.45) is 0 Å². The lowest BCUT2D eigenvalue weighted by atomic mass is 10.0. The normalized spacial score (nSPS) is 12.3. The van der Waals surface area contributed by atoms with Crippen LogP contribution in [0.2, 0.25) is 5.02 Å². The van der Waals surface area contributed by atoms with Gasteiger partial charge in [-0.3, -0.25) is 0 Å². The monoisotopic (exact) mass is 440 g/mol. The molecule has 0 fully saturated rings. The topological polar surface area (TPSA) is 9.23 Å². The van der Waals surface area contributed by atoms with Crippen molar-refractivity contribution in [2.45, 2.75) is 5.38 Å². The Morgan fingerprint density at radius 2 is 1.85 bits per heavy atom. The lowest BCUT2D eigenvalue weighted by Crippen LogP contribution is -2.01. The molecule has 6 heteroatoms. The Labute approximate surface area is 143 Å². The van der Waals surface area contributed by atoms with Gasteiger partial charge in [0.25, 0.3) is 0 Å². The average molecular weight is 443 g/mol. The van der Waals surface area contributed by atoms with Crippen LogP contribution in [-0.4, -0.2) is 7.11 Å². The second-order valence-electron chi connectivity index (χ2n) is 4.02. The summed E-state index contributed by atoms with van der Waals surface area (Å²) in [4.78, 5) is 0. The molecule has 0 bridgehead atoms. The van der Waals surface area contributed by atoms with Crippen molar-refractivity contribution in [1.29, 1.82) is 0 Å². The van der Waals surface area contributed by atoms with E-state index in [1.807, 2.05) is 0 Å². The van der Waals surface area contributed by atoms with Gasteiger partial charge in [-0.2, -0.15) is 0 Å². The summed E-state index contributed by atoms with van der Waals surface area (Å²) in [6.07, 6.45) is 0. The molecule has 0 aliphatic heterocycles. The molecule has 1 nitrogen and oxygen atoms in total. The number of hydrogen-bond acceptors (Lipinski definition) is 1. The van der Waals surface area contributed by atoms with Crippen molar-refractivity contribution in [3.63, 3.8) is 0 Å². The lowest BCUT2D eigenvalue weighted by molar-refractivity contribution is 0.407. The highest BCUT2D eigenvalue weighted by atomic mass is 79.9. The Bertz CT molecular complexity index is 649. The molecule has 0 radical (unpaired) electrons. The molecule has 20 heavy (non-hydrogen) atoms. The maximum absolute atomic E-state index is 14.2. The number of alkyl halides is 1. The SMILES string of the molecule is COc1c(Br)cc(Cl)cc1C(Cl)c1cccc(Br)c1F. The Kier molecular flexibility index (Phi) is 5.35. The summed E-state index contributed by atoms with van der Waals surface area (Å²) in [6, 6.07) is 8.34. The largest absolute Gasteiger partial charge is 0.495 e. The molecule has 0 spiro atoms. The third kappa shape index (κ3) is 3.14.